The molecule has 9 heteroatoms. The lowest BCUT2D eigenvalue weighted by molar-refractivity contribution is 0.486. The Morgan fingerprint density at radius 1 is 0.714 bits per heavy atom. The lowest BCUT2D eigenvalue weighted by atomic mass is 10.2. The fourth-order valence-corrected chi connectivity index (χ4v) is 3.96. The topological polar surface area (TPSA) is 102 Å². The lowest BCUT2D eigenvalue weighted by Crippen LogP contribution is -2.18. The predicted octanol–water partition coefficient (Wildman–Crippen LogP) is 2.77. The van der Waals surface area contributed by atoms with Crippen LogP contribution in [0.5, 0.6) is 5.75 Å². The van der Waals surface area contributed by atoms with E-state index in [0.717, 1.165) is 0 Å². The molecule has 0 spiro atoms. The molecular formula is C19H16N2O5S2. The monoisotopic (exact) mass is 416 g/mol. The Bertz CT molecular complexity index is 1160. The van der Waals surface area contributed by atoms with Crippen molar-refractivity contribution in [3.05, 3.63) is 90.5 Å². The highest BCUT2D eigenvalue weighted by Crippen LogP contribution is 2.18. The van der Waals surface area contributed by atoms with Crippen LogP contribution in [0.25, 0.3) is 0 Å². The first-order valence-corrected chi connectivity index (χ1v) is 11.0. The summed E-state index contributed by atoms with van der Waals surface area (Å²) in [5, 5.41) is 3.72. The van der Waals surface area contributed by atoms with Gasteiger partial charge in [0.25, 0.3) is 10.0 Å². The summed E-state index contributed by atoms with van der Waals surface area (Å²) in [6, 6.07) is 21.6. The first-order chi connectivity index (χ1) is 13.4. The van der Waals surface area contributed by atoms with E-state index in [4.69, 9.17) is 4.18 Å². The van der Waals surface area contributed by atoms with Crippen LogP contribution in [-0.2, 0) is 20.1 Å². The second kappa shape index (κ2) is 8.24. The molecule has 28 heavy (non-hydrogen) atoms. The van der Waals surface area contributed by atoms with Crippen molar-refractivity contribution < 1.29 is 21.0 Å². The SMILES string of the molecule is O=S(=O)(N/N=C\c1ccc(OS(=O)(=O)c2ccccc2)cc1)c1ccccc1. The quantitative estimate of drug-likeness (QED) is 0.362. The molecule has 0 unspecified atom stereocenters. The number of nitrogens with zero attached hydrogens (tertiary/aromatic N) is 1. The highest BCUT2D eigenvalue weighted by Gasteiger charge is 2.15. The largest absolute Gasteiger partial charge is 0.379 e. The van der Waals surface area contributed by atoms with Crippen LogP contribution in [0, 0.1) is 0 Å². The van der Waals surface area contributed by atoms with Crippen molar-refractivity contribution in [3.8, 4) is 5.75 Å². The molecule has 0 fully saturated rings. The van der Waals surface area contributed by atoms with E-state index in [1.807, 2.05) is 0 Å². The Kier molecular flexibility index (Phi) is 5.76. The smallest absolute Gasteiger partial charge is 0.339 e. The van der Waals surface area contributed by atoms with Crippen LogP contribution in [0.15, 0.2) is 99.8 Å². The standard InChI is InChI=1S/C19H16N2O5S2/c22-27(23,18-7-3-1-4-8-18)21-20-15-16-11-13-17(14-12-16)26-28(24,25)19-9-5-2-6-10-19/h1-15,21H/b20-15-. The van der Waals surface area contributed by atoms with Gasteiger partial charge < -0.3 is 4.18 Å². The van der Waals surface area contributed by atoms with Crippen molar-refractivity contribution in [3.63, 3.8) is 0 Å². The summed E-state index contributed by atoms with van der Waals surface area (Å²) in [6.45, 7) is 0. The third kappa shape index (κ3) is 4.96. The molecule has 0 aliphatic heterocycles. The number of hydrazone groups is 1. The Hall–Kier alpha value is -3.17. The van der Waals surface area contributed by atoms with Gasteiger partial charge >= 0.3 is 10.1 Å². The molecule has 7 nitrogen and oxygen atoms in total. The van der Waals surface area contributed by atoms with Crippen molar-refractivity contribution in [2.24, 2.45) is 5.10 Å². The third-order valence-corrected chi connectivity index (χ3v) is 6.06. The maximum atomic E-state index is 12.2. The maximum absolute atomic E-state index is 12.2. The van der Waals surface area contributed by atoms with E-state index in [9.17, 15) is 16.8 Å². The van der Waals surface area contributed by atoms with Crippen LogP contribution in [-0.4, -0.2) is 23.1 Å². The summed E-state index contributed by atoms with van der Waals surface area (Å²) < 4.78 is 53.5. The van der Waals surface area contributed by atoms with Crippen molar-refractivity contribution in [1.82, 2.24) is 4.83 Å². The van der Waals surface area contributed by atoms with E-state index in [-0.39, 0.29) is 15.5 Å². The Balaban J connectivity index is 1.66. The molecule has 0 aliphatic rings. The predicted molar refractivity (Wildman–Crippen MR) is 105 cm³/mol. The summed E-state index contributed by atoms with van der Waals surface area (Å²) >= 11 is 0. The number of rotatable bonds is 7. The molecule has 0 atom stereocenters. The second-order valence-corrected chi connectivity index (χ2v) is 8.79. The summed E-state index contributed by atoms with van der Waals surface area (Å²) in [5.74, 6) is 0.130. The molecule has 0 aliphatic carbocycles. The first kappa shape index (κ1) is 19.6. The fraction of sp³-hybridized carbons (Fsp3) is 0. The van der Waals surface area contributed by atoms with Gasteiger partial charge in [-0.3, -0.25) is 0 Å². The number of hydrogen-bond acceptors (Lipinski definition) is 6. The van der Waals surface area contributed by atoms with Gasteiger partial charge in [0.1, 0.15) is 10.6 Å². The van der Waals surface area contributed by atoms with Gasteiger partial charge in [0, 0.05) is 0 Å². The summed E-state index contributed by atoms with van der Waals surface area (Å²) in [7, 11) is -7.66. The van der Waals surface area contributed by atoms with Crippen molar-refractivity contribution in [1.29, 1.82) is 0 Å². The first-order valence-electron chi connectivity index (χ1n) is 8.06. The number of benzene rings is 3. The second-order valence-electron chi connectivity index (χ2n) is 5.59. The average molecular weight is 416 g/mol. The Morgan fingerprint density at radius 2 is 1.25 bits per heavy atom. The van der Waals surface area contributed by atoms with Crippen LogP contribution in [0.3, 0.4) is 0 Å². The normalized spacial score (nSPS) is 12.0. The van der Waals surface area contributed by atoms with Crippen LogP contribution in [0.4, 0.5) is 0 Å². The molecular weight excluding hydrogens is 400 g/mol. The molecule has 1 N–H and O–H groups in total. The van der Waals surface area contributed by atoms with Gasteiger partial charge in [0.2, 0.25) is 0 Å². The zero-order valence-corrected chi connectivity index (χ0v) is 16.1. The molecule has 0 bridgehead atoms. The van der Waals surface area contributed by atoms with Crippen LogP contribution < -0.4 is 9.01 Å². The maximum Gasteiger partial charge on any atom is 0.339 e. The molecule has 3 aromatic carbocycles. The Labute approximate surface area is 163 Å². The van der Waals surface area contributed by atoms with Gasteiger partial charge in [-0.1, -0.05) is 36.4 Å². The molecule has 3 rings (SSSR count). The van der Waals surface area contributed by atoms with E-state index in [1.54, 1.807) is 48.5 Å². The van der Waals surface area contributed by atoms with Gasteiger partial charge in [0.15, 0.2) is 0 Å². The van der Waals surface area contributed by atoms with Crippen molar-refractivity contribution in [2.75, 3.05) is 0 Å². The van der Waals surface area contributed by atoms with E-state index in [1.165, 1.54) is 42.6 Å². The van der Waals surface area contributed by atoms with Crippen molar-refractivity contribution in [2.45, 2.75) is 9.79 Å². The number of hydrogen-bond donors (Lipinski definition) is 1. The fourth-order valence-electron chi connectivity index (χ4n) is 2.19. The van der Waals surface area contributed by atoms with Gasteiger partial charge in [-0.05, 0) is 54.1 Å². The van der Waals surface area contributed by atoms with Gasteiger partial charge in [0.05, 0.1) is 11.1 Å². The minimum absolute atomic E-state index is 0.0518. The minimum atomic E-state index is -3.92. The van der Waals surface area contributed by atoms with E-state index in [2.05, 4.69) is 9.93 Å². The molecule has 0 saturated carbocycles. The summed E-state index contributed by atoms with van der Waals surface area (Å²) in [6.07, 6.45) is 1.30. The summed E-state index contributed by atoms with van der Waals surface area (Å²) in [5.41, 5.74) is 0.556. The lowest BCUT2D eigenvalue weighted by Gasteiger charge is -2.07. The van der Waals surface area contributed by atoms with Gasteiger partial charge in [-0.25, -0.2) is 4.83 Å². The Morgan fingerprint density at radius 3 is 1.82 bits per heavy atom. The van der Waals surface area contributed by atoms with Crippen LogP contribution >= 0.6 is 0 Å². The number of sulfonamides is 1. The van der Waals surface area contributed by atoms with E-state index < -0.39 is 20.1 Å². The van der Waals surface area contributed by atoms with Crippen LogP contribution in [0.1, 0.15) is 5.56 Å². The van der Waals surface area contributed by atoms with Crippen molar-refractivity contribution >= 4 is 26.4 Å². The third-order valence-electron chi connectivity index (χ3n) is 3.56. The highest BCUT2D eigenvalue weighted by molar-refractivity contribution is 7.89. The zero-order valence-electron chi connectivity index (χ0n) is 14.5. The molecule has 144 valence electrons. The highest BCUT2D eigenvalue weighted by atomic mass is 32.2. The van der Waals surface area contributed by atoms with Gasteiger partial charge in [-0.2, -0.15) is 21.9 Å². The zero-order chi connectivity index (χ0) is 20.0. The molecule has 0 heterocycles. The van der Waals surface area contributed by atoms with Gasteiger partial charge in [-0.15, -0.1) is 0 Å². The molecule has 0 aromatic heterocycles. The average Bonchev–Trinajstić information content (AvgIpc) is 2.70. The van der Waals surface area contributed by atoms with E-state index in [0.29, 0.717) is 5.56 Å². The van der Waals surface area contributed by atoms with E-state index >= 15 is 0 Å². The molecule has 0 saturated heterocycles. The molecule has 0 amide bonds. The van der Waals surface area contributed by atoms with Crippen LogP contribution in [0.2, 0.25) is 0 Å². The number of nitrogens with one attached hydrogen (secondary N) is 1. The molecule has 0 radical (unpaired) electrons. The summed E-state index contributed by atoms with van der Waals surface area (Å²) in [4.78, 5) is 2.26. The minimum Gasteiger partial charge on any atom is -0.379 e. The molecule has 3 aromatic rings.